The molecule has 3 heterocycles. The Morgan fingerprint density at radius 2 is 1.79 bits per heavy atom. The Kier molecular flexibility index (Phi) is 5.10. The smallest absolute Gasteiger partial charge is 0.257 e. The Morgan fingerprint density at radius 3 is 2.57 bits per heavy atom. The van der Waals surface area contributed by atoms with E-state index in [-0.39, 0.29) is 10.9 Å². The number of methoxy groups -OCH3 is 1. The average molecular weight is 399 g/mol. The van der Waals surface area contributed by atoms with E-state index in [1.165, 1.54) is 4.31 Å². The largest absolute Gasteiger partial charge is 0.478 e. The number of anilines is 1. The molecule has 2 aromatic heterocycles. The molecule has 4 rings (SSSR count). The van der Waals surface area contributed by atoms with Gasteiger partial charge in [-0.05, 0) is 25.0 Å². The van der Waals surface area contributed by atoms with Gasteiger partial charge in [-0.15, -0.1) is 0 Å². The number of piperidine rings is 1. The van der Waals surface area contributed by atoms with E-state index in [9.17, 15) is 8.42 Å². The van der Waals surface area contributed by atoms with Crippen molar-refractivity contribution < 1.29 is 13.2 Å². The van der Waals surface area contributed by atoms with E-state index in [0.717, 1.165) is 5.39 Å². The highest BCUT2D eigenvalue weighted by Crippen LogP contribution is 2.27. The van der Waals surface area contributed by atoms with Gasteiger partial charge in [0, 0.05) is 43.1 Å². The second-order valence-corrected chi connectivity index (χ2v) is 8.47. The van der Waals surface area contributed by atoms with Gasteiger partial charge in [0.25, 0.3) is 5.88 Å². The summed E-state index contributed by atoms with van der Waals surface area (Å²) in [6, 6.07) is 9.02. The Morgan fingerprint density at radius 1 is 1.04 bits per heavy atom. The predicted molar refractivity (Wildman–Crippen MR) is 106 cm³/mol. The fourth-order valence-electron chi connectivity index (χ4n) is 3.43. The second kappa shape index (κ2) is 7.69. The molecule has 0 radical (unpaired) electrons. The lowest BCUT2D eigenvalue weighted by molar-refractivity contribution is 0.328. The van der Waals surface area contributed by atoms with Gasteiger partial charge in [-0.3, -0.25) is 4.98 Å². The first-order valence-electron chi connectivity index (χ1n) is 9.05. The van der Waals surface area contributed by atoms with E-state index in [2.05, 4.69) is 20.3 Å². The third kappa shape index (κ3) is 3.50. The molecule has 146 valence electrons. The summed E-state index contributed by atoms with van der Waals surface area (Å²) in [5, 5.41) is 4.12. The lowest BCUT2D eigenvalue weighted by Gasteiger charge is -2.32. The summed E-state index contributed by atoms with van der Waals surface area (Å²) in [5.74, 6) is 1.00. The van der Waals surface area contributed by atoms with Crippen LogP contribution in [0.1, 0.15) is 12.8 Å². The molecule has 0 aliphatic carbocycles. The van der Waals surface area contributed by atoms with Crippen LogP contribution in [0.4, 0.5) is 5.82 Å². The maximum Gasteiger partial charge on any atom is 0.257 e. The van der Waals surface area contributed by atoms with E-state index in [4.69, 9.17) is 4.74 Å². The molecule has 0 atom stereocenters. The lowest BCUT2D eigenvalue weighted by Crippen LogP contribution is -2.42. The number of benzene rings is 1. The number of hydrogen-bond donors (Lipinski definition) is 1. The number of nitrogens with one attached hydrogen (secondary N) is 1. The minimum atomic E-state index is -3.61. The number of ether oxygens (including phenoxy) is 1. The van der Waals surface area contributed by atoms with Crippen molar-refractivity contribution in [2.24, 2.45) is 0 Å². The summed E-state index contributed by atoms with van der Waals surface area (Å²) in [6.45, 7) is 0.845. The zero-order chi connectivity index (χ0) is 19.6. The van der Waals surface area contributed by atoms with Gasteiger partial charge in [0.1, 0.15) is 4.90 Å². The number of para-hydroxylation sites is 1. The maximum absolute atomic E-state index is 13.2. The molecule has 28 heavy (non-hydrogen) atoms. The molecule has 8 nitrogen and oxygen atoms in total. The topological polar surface area (TPSA) is 97.3 Å². The van der Waals surface area contributed by atoms with Crippen LogP contribution in [0.25, 0.3) is 10.9 Å². The second-order valence-electron chi connectivity index (χ2n) is 6.57. The van der Waals surface area contributed by atoms with Gasteiger partial charge >= 0.3 is 0 Å². The number of fused-ring (bicyclic) bond motifs is 1. The quantitative estimate of drug-likeness (QED) is 0.703. The molecule has 3 aromatic rings. The van der Waals surface area contributed by atoms with Crippen molar-refractivity contribution >= 4 is 26.7 Å². The van der Waals surface area contributed by atoms with Gasteiger partial charge in [0.15, 0.2) is 5.82 Å². The maximum atomic E-state index is 13.2. The predicted octanol–water partition coefficient (Wildman–Crippen LogP) is 2.30. The van der Waals surface area contributed by atoms with E-state index >= 15 is 0 Å². The molecule has 1 saturated heterocycles. The summed E-state index contributed by atoms with van der Waals surface area (Å²) in [6.07, 6.45) is 6.11. The highest BCUT2D eigenvalue weighted by atomic mass is 32.2. The number of aromatic nitrogens is 3. The normalized spacial score (nSPS) is 16.2. The highest BCUT2D eigenvalue weighted by Gasteiger charge is 2.31. The Labute approximate surface area is 163 Å². The number of pyridine rings is 1. The molecule has 0 saturated carbocycles. The standard InChI is InChI=1S/C19H21N5O3S/c1-27-19-18(21-10-11-22-19)23-15-7-12-24(13-8-15)28(25,26)16-6-2-4-14-5-3-9-20-17(14)16/h2-6,9-11,15H,7-8,12-13H2,1H3,(H,21,23). The van der Waals surface area contributed by atoms with Crippen molar-refractivity contribution in [2.75, 3.05) is 25.5 Å². The first-order chi connectivity index (χ1) is 13.6. The zero-order valence-corrected chi connectivity index (χ0v) is 16.3. The molecule has 1 N–H and O–H groups in total. The summed E-state index contributed by atoms with van der Waals surface area (Å²) in [5.41, 5.74) is 0.509. The van der Waals surface area contributed by atoms with Crippen LogP contribution in [0, 0.1) is 0 Å². The highest BCUT2D eigenvalue weighted by molar-refractivity contribution is 7.89. The molecule has 1 aliphatic heterocycles. The van der Waals surface area contributed by atoms with Gasteiger partial charge in [-0.2, -0.15) is 4.31 Å². The van der Waals surface area contributed by atoms with Crippen LogP contribution in [-0.4, -0.2) is 53.9 Å². The SMILES string of the molecule is COc1nccnc1NC1CCN(S(=O)(=O)c2cccc3cccnc23)CC1. The first-order valence-corrected chi connectivity index (χ1v) is 10.5. The minimum Gasteiger partial charge on any atom is -0.478 e. The Bertz CT molecular complexity index is 1080. The third-order valence-electron chi connectivity index (χ3n) is 4.87. The van der Waals surface area contributed by atoms with Crippen LogP contribution in [0.5, 0.6) is 5.88 Å². The molecule has 0 unspecified atom stereocenters. The van der Waals surface area contributed by atoms with Crippen LogP contribution in [0.2, 0.25) is 0 Å². The molecule has 0 spiro atoms. The number of rotatable bonds is 5. The van der Waals surface area contributed by atoms with Gasteiger partial charge in [-0.25, -0.2) is 18.4 Å². The van der Waals surface area contributed by atoms with Crippen molar-refractivity contribution in [2.45, 2.75) is 23.8 Å². The molecular formula is C19H21N5O3S. The van der Waals surface area contributed by atoms with Crippen LogP contribution in [0.15, 0.2) is 53.8 Å². The molecule has 0 amide bonds. The Balaban J connectivity index is 1.50. The van der Waals surface area contributed by atoms with Crippen LogP contribution < -0.4 is 10.1 Å². The van der Waals surface area contributed by atoms with Crippen molar-refractivity contribution in [3.8, 4) is 5.88 Å². The molecular weight excluding hydrogens is 378 g/mol. The fourth-order valence-corrected chi connectivity index (χ4v) is 5.07. The van der Waals surface area contributed by atoms with Crippen molar-refractivity contribution in [1.29, 1.82) is 0 Å². The Hall–Kier alpha value is -2.78. The lowest BCUT2D eigenvalue weighted by atomic mass is 10.1. The fraction of sp³-hybridized carbons (Fsp3) is 0.316. The number of sulfonamides is 1. The van der Waals surface area contributed by atoms with E-state index in [0.29, 0.717) is 43.1 Å². The summed E-state index contributed by atoms with van der Waals surface area (Å²) in [7, 11) is -2.06. The monoisotopic (exact) mass is 399 g/mol. The molecule has 1 fully saturated rings. The molecule has 9 heteroatoms. The summed E-state index contributed by atoms with van der Waals surface area (Å²) in [4.78, 5) is 12.9. The number of hydrogen-bond acceptors (Lipinski definition) is 7. The summed E-state index contributed by atoms with van der Waals surface area (Å²) >= 11 is 0. The van der Waals surface area contributed by atoms with Gasteiger partial charge in [0.2, 0.25) is 10.0 Å². The van der Waals surface area contributed by atoms with E-state index in [1.54, 1.807) is 43.9 Å². The van der Waals surface area contributed by atoms with Crippen LogP contribution in [-0.2, 0) is 10.0 Å². The average Bonchev–Trinajstić information content (AvgIpc) is 2.74. The van der Waals surface area contributed by atoms with Gasteiger partial charge in [-0.1, -0.05) is 18.2 Å². The first kappa shape index (κ1) is 18.6. The van der Waals surface area contributed by atoms with Crippen molar-refractivity contribution in [3.05, 3.63) is 48.9 Å². The van der Waals surface area contributed by atoms with Crippen molar-refractivity contribution in [3.63, 3.8) is 0 Å². The molecule has 0 bridgehead atoms. The third-order valence-corrected chi connectivity index (χ3v) is 6.80. The van der Waals surface area contributed by atoms with E-state index in [1.807, 2.05) is 12.1 Å². The van der Waals surface area contributed by atoms with Crippen LogP contribution >= 0.6 is 0 Å². The molecule has 1 aliphatic rings. The zero-order valence-electron chi connectivity index (χ0n) is 15.4. The van der Waals surface area contributed by atoms with Gasteiger partial charge < -0.3 is 10.1 Å². The van der Waals surface area contributed by atoms with Crippen LogP contribution in [0.3, 0.4) is 0 Å². The van der Waals surface area contributed by atoms with E-state index < -0.39 is 10.0 Å². The number of nitrogens with zero attached hydrogens (tertiary/aromatic N) is 4. The summed E-state index contributed by atoms with van der Waals surface area (Å²) < 4.78 is 33.1. The van der Waals surface area contributed by atoms with Crippen molar-refractivity contribution in [1.82, 2.24) is 19.3 Å². The minimum absolute atomic E-state index is 0.0997. The molecule has 1 aromatic carbocycles. The van der Waals surface area contributed by atoms with Gasteiger partial charge in [0.05, 0.1) is 12.6 Å².